The topological polar surface area (TPSA) is 141 Å². The molecule has 2 aromatic heterocycles. The molecule has 0 radical (unpaired) electrons. The van der Waals surface area contributed by atoms with Crippen molar-refractivity contribution in [2.75, 3.05) is 37.1 Å². The Morgan fingerprint density at radius 1 is 1.31 bits per heavy atom. The zero-order valence-electron chi connectivity index (χ0n) is 20.2. The summed E-state index contributed by atoms with van der Waals surface area (Å²) in [4.78, 5) is 43.9. The van der Waals surface area contributed by atoms with Gasteiger partial charge < -0.3 is 20.7 Å². The van der Waals surface area contributed by atoms with E-state index in [9.17, 15) is 19.6 Å². The van der Waals surface area contributed by atoms with Crippen LogP contribution >= 0.6 is 11.3 Å². The monoisotopic (exact) mass is 499 g/mol. The third kappa shape index (κ3) is 6.13. The van der Waals surface area contributed by atoms with Crippen molar-refractivity contribution in [2.24, 2.45) is 0 Å². The van der Waals surface area contributed by atoms with E-state index in [1.807, 2.05) is 24.8 Å². The van der Waals surface area contributed by atoms with Gasteiger partial charge in [-0.25, -0.2) is 4.98 Å². The van der Waals surface area contributed by atoms with Crippen LogP contribution in [0.5, 0.6) is 0 Å². The molecule has 0 bridgehead atoms. The van der Waals surface area contributed by atoms with Gasteiger partial charge in [0.05, 0.1) is 13.2 Å². The fourth-order valence-electron chi connectivity index (χ4n) is 3.45. The molecule has 3 heterocycles. The second kappa shape index (κ2) is 11.3. The molecule has 12 heteroatoms. The molecule has 2 aromatic rings. The highest BCUT2D eigenvalue weighted by Crippen LogP contribution is 2.21. The van der Waals surface area contributed by atoms with Crippen molar-refractivity contribution in [2.45, 2.75) is 39.8 Å². The smallest absolute Gasteiger partial charge is 0.270 e. The summed E-state index contributed by atoms with van der Waals surface area (Å²) in [7, 11) is 0. The molecule has 0 saturated carbocycles. The summed E-state index contributed by atoms with van der Waals surface area (Å²) in [5.41, 5.74) is -0.643. The van der Waals surface area contributed by atoms with Crippen molar-refractivity contribution in [1.29, 1.82) is 5.26 Å². The number of carbonyl (C=O) groups excluding carboxylic acids is 2. The Labute approximate surface area is 206 Å². The molecule has 1 saturated heterocycles. The first-order valence-electron chi connectivity index (χ1n) is 11.2. The van der Waals surface area contributed by atoms with Crippen LogP contribution < -0.4 is 30.7 Å². The van der Waals surface area contributed by atoms with Crippen LogP contribution in [0.3, 0.4) is 0 Å². The SMILES string of the molecule is CCNC(=O)C(C#N)=c1sc(=CNc2cccc(NC(=O)CN3COCC3(C)C)n2)c(=O)n1CC. The van der Waals surface area contributed by atoms with Crippen molar-refractivity contribution >= 4 is 46.6 Å². The summed E-state index contributed by atoms with van der Waals surface area (Å²) >= 11 is 1.05. The van der Waals surface area contributed by atoms with E-state index in [1.54, 1.807) is 32.0 Å². The average molecular weight is 500 g/mol. The predicted molar refractivity (Wildman–Crippen MR) is 134 cm³/mol. The summed E-state index contributed by atoms with van der Waals surface area (Å²) in [6.07, 6.45) is 1.48. The van der Waals surface area contributed by atoms with E-state index in [0.717, 1.165) is 11.3 Å². The van der Waals surface area contributed by atoms with Crippen LogP contribution in [0.2, 0.25) is 0 Å². The number of aromatic nitrogens is 2. The van der Waals surface area contributed by atoms with E-state index < -0.39 is 5.91 Å². The van der Waals surface area contributed by atoms with Crippen LogP contribution in [0.1, 0.15) is 27.7 Å². The molecule has 11 nitrogen and oxygen atoms in total. The lowest BCUT2D eigenvalue weighted by molar-refractivity contribution is -0.118. The number of hydrogen-bond acceptors (Lipinski definition) is 9. The summed E-state index contributed by atoms with van der Waals surface area (Å²) in [6.45, 7) is 9.37. The van der Waals surface area contributed by atoms with E-state index in [0.29, 0.717) is 47.3 Å². The number of pyridine rings is 1. The van der Waals surface area contributed by atoms with Crippen LogP contribution in [0.15, 0.2) is 23.0 Å². The van der Waals surface area contributed by atoms with Crippen LogP contribution in [-0.2, 0) is 20.9 Å². The molecule has 0 unspecified atom stereocenters. The van der Waals surface area contributed by atoms with Gasteiger partial charge in [0, 0.05) is 24.8 Å². The Morgan fingerprint density at radius 2 is 2.06 bits per heavy atom. The molecule has 0 atom stereocenters. The number of anilines is 2. The Hall–Kier alpha value is -3.53. The minimum absolute atomic E-state index is 0.107. The molecule has 0 aromatic carbocycles. The minimum Gasteiger partial charge on any atom is -0.364 e. The molecule has 1 fully saturated rings. The van der Waals surface area contributed by atoms with Crippen molar-refractivity contribution in [3.8, 4) is 6.07 Å². The van der Waals surface area contributed by atoms with Crippen molar-refractivity contribution in [3.05, 3.63) is 37.7 Å². The largest absolute Gasteiger partial charge is 0.364 e. The van der Waals surface area contributed by atoms with Gasteiger partial charge in [-0.15, -0.1) is 11.3 Å². The zero-order chi connectivity index (χ0) is 25.6. The van der Waals surface area contributed by atoms with Crippen LogP contribution in [-0.4, -0.2) is 58.2 Å². The van der Waals surface area contributed by atoms with Crippen LogP contribution in [0.4, 0.5) is 11.6 Å². The molecule has 1 aliphatic heterocycles. The highest BCUT2D eigenvalue weighted by atomic mass is 32.1. The molecule has 3 N–H and O–H groups in total. The quantitative estimate of drug-likeness (QED) is 0.461. The summed E-state index contributed by atoms with van der Waals surface area (Å²) in [5.74, 6) is 0.0431. The first kappa shape index (κ1) is 26.1. The molecule has 0 spiro atoms. The number of carbonyl (C=O) groups is 2. The molecule has 2 amide bonds. The molecule has 35 heavy (non-hydrogen) atoms. The zero-order valence-corrected chi connectivity index (χ0v) is 21.0. The van der Waals surface area contributed by atoms with Crippen molar-refractivity contribution in [1.82, 2.24) is 19.8 Å². The van der Waals surface area contributed by atoms with Crippen LogP contribution in [0, 0.1) is 11.3 Å². The Kier molecular flexibility index (Phi) is 8.39. The lowest BCUT2D eigenvalue weighted by Crippen LogP contribution is -2.44. The Bertz CT molecular complexity index is 1320. The van der Waals surface area contributed by atoms with Crippen LogP contribution in [0.25, 0.3) is 11.8 Å². The number of amides is 2. The van der Waals surface area contributed by atoms with Gasteiger partial charge in [-0.05, 0) is 39.8 Å². The first-order valence-corrected chi connectivity index (χ1v) is 12.0. The average Bonchev–Trinajstić information content (AvgIpc) is 3.30. The normalized spacial score (nSPS) is 16.5. The van der Waals surface area contributed by atoms with Gasteiger partial charge in [-0.3, -0.25) is 23.9 Å². The summed E-state index contributed by atoms with van der Waals surface area (Å²) in [6, 6.07) is 6.99. The Morgan fingerprint density at radius 3 is 2.69 bits per heavy atom. The van der Waals surface area contributed by atoms with Crippen molar-refractivity contribution in [3.63, 3.8) is 0 Å². The maximum absolute atomic E-state index is 12.8. The van der Waals surface area contributed by atoms with Gasteiger partial charge in [0.1, 0.15) is 33.6 Å². The molecule has 0 aliphatic carbocycles. The van der Waals surface area contributed by atoms with E-state index in [4.69, 9.17) is 4.74 Å². The molecule has 186 valence electrons. The lowest BCUT2D eigenvalue weighted by Gasteiger charge is -2.28. The van der Waals surface area contributed by atoms with E-state index in [-0.39, 0.29) is 29.1 Å². The first-order chi connectivity index (χ1) is 16.7. The number of nitrogens with zero attached hydrogens (tertiary/aromatic N) is 4. The third-order valence-corrected chi connectivity index (χ3v) is 6.50. The van der Waals surface area contributed by atoms with Crippen molar-refractivity contribution < 1.29 is 14.3 Å². The van der Waals surface area contributed by atoms with Gasteiger partial charge in [-0.2, -0.15) is 5.26 Å². The standard InChI is InChI=1S/C23H29N7O4S/c1-5-25-20(32)15(10-24)22-30(6-2)21(33)16(35-22)11-26-17-8-7-9-18(27-17)28-19(31)12-29-14-34-13-23(29,3)4/h7-9,11H,5-6,12-14H2,1-4H3,(H,25,32)(H2,26,27,28,31). The van der Waals surface area contributed by atoms with E-state index >= 15 is 0 Å². The second-order valence-corrected chi connectivity index (χ2v) is 9.43. The van der Waals surface area contributed by atoms with E-state index in [2.05, 4.69) is 20.9 Å². The predicted octanol–water partition coefficient (Wildman–Crippen LogP) is -0.00802. The number of rotatable bonds is 8. The van der Waals surface area contributed by atoms with Gasteiger partial charge in [0.25, 0.3) is 11.5 Å². The summed E-state index contributed by atoms with van der Waals surface area (Å²) < 4.78 is 7.43. The molecular formula is C23H29N7O4S. The molecule has 1 aliphatic rings. The highest BCUT2D eigenvalue weighted by molar-refractivity contribution is 7.07. The molecular weight excluding hydrogens is 470 g/mol. The third-order valence-electron chi connectivity index (χ3n) is 5.37. The maximum Gasteiger partial charge on any atom is 0.270 e. The van der Waals surface area contributed by atoms with Gasteiger partial charge >= 0.3 is 0 Å². The van der Waals surface area contributed by atoms with Gasteiger partial charge in [-0.1, -0.05) is 6.07 Å². The number of thiazole rings is 1. The number of ether oxygens (including phenoxy) is 1. The molecule has 3 rings (SSSR count). The Balaban J connectivity index is 1.81. The minimum atomic E-state index is -0.521. The second-order valence-electron chi connectivity index (χ2n) is 8.40. The lowest BCUT2D eigenvalue weighted by atomic mass is 10.1. The van der Waals surface area contributed by atoms with Gasteiger partial charge in [0.2, 0.25) is 5.91 Å². The number of nitriles is 1. The highest BCUT2D eigenvalue weighted by Gasteiger charge is 2.34. The number of nitrogens with one attached hydrogen (secondary N) is 3. The van der Waals surface area contributed by atoms with Gasteiger partial charge in [0.15, 0.2) is 5.57 Å². The number of hydrogen-bond donors (Lipinski definition) is 3. The van der Waals surface area contributed by atoms with E-state index in [1.165, 1.54) is 10.8 Å². The fraction of sp³-hybridized carbons (Fsp3) is 0.435. The fourth-order valence-corrected chi connectivity index (χ4v) is 4.53. The maximum atomic E-state index is 12.8. The summed E-state index contributed by atoms with van der Waals surface area (Å²) in [5, 5.41) is 17.8.